The molecule has 2 aromatic heterocycles. The Morgan fingerprint density at radius 1 is 1.44 bits per heavy atom. The summed E-state index contributed by atoms with van der Waals surface area (Å²) in [5.41, 5.74) is 0. The van der Waals surface area contributed by atoms with Gasteiger partial charge in [0, 0.05) is 13.5 Å². The molecule has 8 heteroatoms. The first kappa shape index (κ1) is 13.3. The van der Waals surface area contributed by atoms with Crippen LogP contribution >= 0.6 is 23.1 Å². The van der Waals surface area contributed by atoms with Crippen molar-refractivity contribution in [3.8, 4) is 0 Å². The van der Waals surface area contributed by atoms with Crippen LogP contribution in [0.5, 0.6) is 0 Å². The van der Waals surface area contributed by atoms with Gasteiger partial charge in [-0.3, -0.25) is 0 Å². The van der Waals surface area contributed by atoms with Crippen LogP contribution < -0.4 is 5.32 Å². The van der Waals surface area contributed by atoms with E-state index in [1.807, 2.05) is 6.92 Å². The van der Waals surface area contributed by atoms with Crippen LogP contribution in [0.25, 0.3) is 0 Å². The number of nitrogens with one attached hydrogen (secondary N) is 1. The van der Waals surface area contributed by atoms with E-state index in [1.54, 1.807) is 30.0 Å². The Morgan fingerprint density at radius 2 is 2.28 bits per heavy atom. The molecule has 98 valence electrons. The van der Waals surface area contributed by atoms with Gasteiger partial charge in [0.25, 0.3) is 0 Å². The number of anilines is 1. The molecule has 0 saturated carbocycles. The summed E-state index contributed by atoms with van der Waals surface area (Å²) >= 11 is 3.13. The summed E-state index contributed by atoms with van der Waals surface area (Å²) in [7, 11) is 0. The van der Waals surface area contributed by atoms with Crippen LogP contribution in [0.3, 0.4) is 0 Å². The molecule has 2 rings (SSSR count). The van der Waals surface area contributed by atoms with Crippen LogP contribution in [0.4, 0.5) is 5.13 Å². The van der Waals surface area contributed by atoms with Crippen molar-refractivity contribution in [2.45, 2.75) is 36.8 Å². The molecule has 6 nitrogen and oxygen atoms in total. The Labute approximate surface area is 114 Å². The molecule has 0 saturated heterocycles. The van der Waals surface area contributed by atoms with Gasteiger partial charge in [0.1, 0.15) is 0 Å². The summed E-state index contributed by atoms with van der Waals surface area (Å²) in [6.07, 6.45) is 1.07. The summed E-state index contributed by atoms with van der Waals surface area (Å²) in [6.45, 7) is 6.84. The van der Waals surface area contributed by atoms with E-state index in [9.17, 15) is 0 Å². The van der Waals surface area contributed by atoms with Crippen molar-refractivity contribution in [3.63, 3.8) is 0 Å². The standard InChI is InChI=1S/C10H15N5OS2/c1-4-5-11-9-13-14-10(18-9)17-6(2)8-12-7(3)16-15-8/h6H,4-5H2,1-3H3,(H,11,13)/t6-/m0/s1. The molecular weight excluding hydrogens is 270 g/mol. The Morgan fingerprint density at radius 3 is 2.94 bits per heavy atom. The Bertz CT molecular complexity index is 498. The van der Waals surface area contributed by atoms with Crippen molar-refractivity contribution in [2.75, 3.05) is 11.9 Å². The van der Waals surface area contributed by atoms with Crippen LogP contribution in [0.2, 0.25) is 0 Å². The number of rotatable bonds is 6. The number of hydrogen-bond donors (Lipinski definition) is 1. The van der Waals surface area contributed by atoms with Gasteiger partial charge in [-0.25, -0.2) is 0 Å². The molecule has 18 heavy (non-hydrogen) atoms. The number of thioether (sulfide) groups is 1. The van der Waals surface area contributed by atoms with E-state index in [0.29, 0.717) is 11.7 Å². The fourth-order valence-electron chi connectivity index (χ4n) is 1.24. The van der Waals surface area contributed by atoms with Crippen molar-refractivity contribution in [3.05, 3.63) is 11.7 Å². The molecule has 0 radical (unpaired) electrons. The summed E-state index contributed by atoms with van der Waals surface area (Å²) in [5, 5.41) is 16.3. The summed E-state index contributed by atoms with van der Waals surface area (Å²) in [4.78, 5) is 4.21. The first-order valence-electron chi connectivity index (χ1n) is 5.73. The fourth-order valence-corrected chi connectivity index (χ4v) is 3.20. The van der Waals surface area contributed by atoms with E-state index >= 15 is 0 Å². The molecule has 1 N–H and O–H groups in total. The summed E-state index contributed by atoms with van der Waals surface area (Å²) in [6, 6.07) is 0. The van der Waals surface area contributed by atoms with Crippen molar-refractivity contribution in [2.24, 2.45) is 0 Å². The third kappa shape index (κ3) is 3.42. The zero-order valence-electron chi connectivity index (χ0n) is 10.5. The zero-order valence-corrected chi connectivity index (χ0v) is 12.1. The van der Waals surface area contributed by atoms with Gasteiger partial charge in [0.2, 0.25) is 11.0 Å². The van der Waals surface area contributed by atoms with Gasteiger partial charge in [-0.15, -0.1) is 10.2 Å². The number of nitrogens with zero attached hydrogens (tertiary/aromatic N) is 4. The van der Waals surface area contributed by atoms with E-state index in [0.717, 1.165) is 22.4 Å². The van der Waals surface area contributed by atoms with Gasteiger partial charge in [-0.2, -0.15) is 4.98 Å². The third-order valence-corrected chi connectivity index (χ3v) is 4.18. The van der Waals surface area contributed by atoms with Gasteiger partial charge in [0.15, 0.2) is 10.2 Å². The van der Waals surface area contributed by atoms with E-state index in [1.165, 1.54) is 0 Å². The van der Waals surface area contributed by atoms with Crippen LogP contribution in [0, 0.1) is 6.92 Å². The van der Waals surface area contributed by atoms with Gasteiger partial charge in [-0.05, 0) is 13.3 Å². The van der Waals surface area contributed by atoms with Crippen molar-refractivity contribution in [1.29, 1.82) is 0 Å². The number of hydrogen-bond acceptors (Lipinski definition) is 8. The monoisotopic (exact) mass is 285 g/mol. The molecule has 0 bridgehead atoms. The second-order valence-electron chi connectivity index (χ2n) is 3.73. The third-order valence-electron chi connectivity index (χ3n) is 2.12. The molecule has 1 atom stereocenters. The van der Waals surface area contributed by atoms with E-state index in [4.69, 9.17) is 4.52 Å². The average molecular weight is 285 g/mol. The van der Waals surface area contributed by atoms with Crippen LogP contribution in [-0.2, 0) is 0 Å². The lowest BCUT2D eigenvalue weighted by molar-refractivity contribution is 0.387. The largest absolute Gasteiger partial charge is 0.360 e. The Hall–Kier alpha value is -1.15. The molecule has 0 spiro atoms. The highest BCUT2D eigenvalue weighted by Gasteiger charge is 2.16. The summed E-state index contributed by atoms with van der Waals surface area (Å²) < 4.78 is 5.87. The lowest BCUT2D eigenvalue weighted by Gasteiger charge is -2.01. The maximum Gasteiger partial charge on any atom is 0.223 e. The second-order valence-corrected chi connectivity index (χ2v) is 6.30. The van der Waals surface area contributed by atoms with E-state index in [2.05, 4.69) is 32.6 Å². The fraction of sp³-hybridized carbons (Fsp3) is 0.600. The SMILES string of the molecule is CCCNc1nnc(S[C@@H](C)c2noc(C)n2)s1. The zero-order chi connectivity index (χ0) is 13.0. The highest BCUT2D eigenvalue weighted by Crippen LogP contribution is 2.36. The Balaban J connectivity index is 1.94. The normalized spacial score (nSPS) is 12.6. The molecule has 0 unspecified atom stereocenters. The first-order chi connectivity index (χ1) is 8.69. The second kappa shape index (κ2) is 6.14. The summed E-state index contributed by atoms with van der Waals surface area (Å²) in [5.74, 6) is 1.27. The minimum Gasteiger partial charge on any atom is -0.360 e. The van der Waals surface area contributed by atoms with Gasteiger partial charge >= 0.3 is 0 Å². The first-order valence-corrected chi connectivity index (χ1v) is 7.43. The smallest absolute Gasteiger partial charge is 0.223 e. The number of aryl methyl sites for hydroxylation is 1. The molecule has 0 fully saturated rings. The molecule has 0 aliphatic rings. The average Bonchev–Trinajstić information content (AvgIpc) is 2.96. The van der Waals surface area contributed by atoms with Crippen LogP contribution in [0.1, 0.15) is 37.2 Å². The predicted octanol–water partition coefficient (Wildman–Crippen LogP) is 2.90. The Kier molecular flexibility index (Phi) is 4.54. The molecule has 0 amide bonds. The highest BCUT2D eigenvalue weighted by molar-refractivity contribution is 8.01. The van der Waals surface area contributed by atoms with Crippen molar-refractivity contribution in [1.82, 2.24) is 20.3 Å². The topological polar surface area (TPSA) is 76.7 Å². The molecular formula is C10H15N5OS2. The molecule has 2 aromatic rings. The minimum atomic E-state index is 0.106. The maximum absolute atomic E-state index is 4.96. The maximum atomic E-state index is 4.96. The van der Waals surface area contributed by atoms with Gasteiger partial charge in [-0.1, -0.05) is 35.2 Å². The van der Waals surface area contributed by atoms with Gasteiger partial charge in [0.05, 0.1) is 5.25 Å². The lowest BCUT2D eigenvalue weighted by atomic mass is 10.4. The predicted molar refractivity (Wildman–Crippen MR) is 72.0 cm³/mol. The van der Waals surface area contributed by atoms with Crippen LogP contribution in [-0.4, -0.2) is 26.9 Å². The van der Waals surface area contributed by atoms with Crippen molar-refractivity contribution >= 4 is 28.2 Å². The number of aromatic nitrogens is 4. The molecule has 2 heterocycles. The minimum absolute atomic E-state index is 0.106. The molecule has 0 aliphatic carbocycles. The molecule has 0 aromatic carbocycles. The van der Waals surface area contributed by atoms with E-state index in [-0.39, 0.29) is 5.25 Å². The van der Waals surface area contributed by atoms with E-state index < -0.39 is 0 Å². The quantitative estimate of drug-likeness (QED) is 0.818. The highest BCUT2D eigenvalue weighted by atomic mass is 32.2. The van der Waals surface area contributed by atoms with Crippen LogP contribution in [0.15, 0.2) is 8.86 Å². The molecule has 0 aliphatic heterocycles. The lowest BCUT2D eigenvalue weighted by Crippen LogP contribution is -1.98. The van der Waals surface area contributed by atoms with Crippen molar-refractivity contribution < 1.29 is 4.52 Å². The van der Waals surface area contributed by atoms with Gasteiger partial charge < -0.3 is 9.84 Å².